The molecule has 3 aromatic heterocycles. The van der Waals surface area contributed by atoms with Gasteiger partial charge in [0.1, 0.15) is 11.6 Å². The Morgan fingerprint density at radius 3 is 2.94 bits per heavy atom. The number of amides is 1. The number of carbonyl (C=O) groups excluding carboxylic acids is 1. The zero-order chi connectivity index (χ0) is 22.7. The fourth-order valence-electron chi connectivity index (χ4n) is 4.11. The van der Waals surface area contributed by atoms with Gasteiger partial charge in [0.2, 0.25) is 0 Å². The SMILES string of the molecule is Cn1ncc2c(N)nc3cc(F)c(C(=O)N(CC4CC4)Nc4ccc5ncsc5c4)cc3c21. The predicted molar refractivity (Wildman–Crippen MR) is 127 cm³/mol. The van der Waals surface area contributed by atoms with Crippen molar-refractivity contribution in [3.63, 3.8) is 0 Å². The largest absolute Gasteiger partial charge is 0.383 e. The number of carbonyl (C=O) groups is 1. The number of anilines is 2. The second-order valence-corrected chi connectivity index (χ2v) is 9.27. The summed E-state index contributed by atoms with van der Waals surface area (Å²) in [4.78, 5) is 22.2. The van der Waals surface area contributed by atoms with Gasteiger partial charge >= 0.3 is 0 Å². The minimum absolute atomic E-state index is 0.0245. The van der Waals surface area contributed by atoms with Gasteiger partial charge in [-0.3, -0.25) is 19.9 Å². The van der Waals surface area contributed by atoms with Gasteiger partial charge in [0.15, 0.2) is 0 Å². The van der Waals surface area contributed by atoms with Crippen LogP contribution in [0.1, 0.15) is 23.2 Å². The van der Waals surface area contributed by atoms with Crippen molar-refractivity contribution >= 4 is 60.8 Å². The van der Waals surface area contributed by atoms with Crippen molar-refractivity contribution in [2.24, 2.45) is 13.0 Å². The van der Waals surface area contributed by atoms with Crippen LogP contribution in [0.25, 0.3) is 32.0 Å². The van der Waals surface area contributed by atoms with E-state index in [1.165, 1.54) is 22.4 Å². The number of hydrogen-bond donors (Lipinski definition) is 2. The molecule has 1 aliphatic rings. The predicted octanol–water partition coefficient (Wildman–Crippen LogP) is 4.33. The first-order valence-corrected chi connectivity index (χ1v) is 11.5. The van der Waals surface area contributed by atoms with Crippen LogP contribution in [0.15, 0.2) is 42.0 Å². The van der Waals surface area contributed by atoms with Gasteiger partial charge in [-0.15, -0.1) is 11.3 Å². The number of pyridine rings is 1. The smallest absolute Gasteiger partial charge is 0.275 e. The van der Waals surface area contributed by atoms with Crippen LogP contribution in [0.4, 0.5) is 15.9 Å². The molecule has 1 fully saturated rings. The molecule has 0 radical (unpaired) electrons. The summed E-state index contributed by atoms with van der Waals surface area (Å²) >= 11 is 1.53. The first-order chi connectivity index (χ1) is 16.0. The Morgan fingerprint density at radius 1 is 1.27 bits per heavy atom. The van der Waals surface area contributed by atoms with Crippen LogP contribution in [0, 0.1) is 11.7 Å². The highest BCUT2D eigenvalue weighted by molar-refractivity contribution is 7.16. The summed E-state index contributed by atoms with van der Waals surface area (Å²) in [7, 11) is 1.78. The average Bonchev–Trinajstić information content (AvgIpc) is 3.33. The fourth-order valence-corrected chi connectivity index (χ4v) is 4.82. The lowest BCUT2D eigenvalue weighted by molar-refractivity contribution is 0.0782. The number of fused-ring (bicyclic) bond motifs is 4. The van der Waals surface area contributed by atoms with E-state index in [1.807, 2.05) is 18.2 Å². The van der Waals surface area contributed by atoms with Gasteiger partial charge in [-0.25, -0.2) is 14.4 Å². The van der Waals surface area contributed by atoms with Crippen molar-refractivity contribution in [2.75, 3.05) is 17.7 Å². The van der Waals surface area contributed by atoms with Crippen LogP contribution >= 0.6 is 11.3 Å². The quantitative estimate of drug-likeness (QED) is 0.378. The van der Waals surface area contributed by atoms with E-state index in [2.05, 4.69) is 20.5 Å². The van der Waals surface area contributed by atoms with E-state index in [4.69, 9.17) is 5.73 Å². The molecule has 0 saturated heterocycles. The highest BCUT2D eigenvalue weighted by Crippen LogP contribution is 2.33. The van der Waals surface area contributed by atoms with Gasteiger partial charge in [0, 0.05) is 25.0 Å². The molecule has 10 heteroatoms. The number of aromatic nitrogens is 4. The van der Waals surface area contributed by atoms with Gasteiger partial charge in [-0.05, 0) is 43.0 Å². The number of nitrogen functional groups attached to an aromatic ring is 1. The summed E-state index contributed by atoms with van der Waals surface area (Å²) < 4.78 is 17.8. The van der Waals surface area contributed by atoms with E-state index in [0.717, 1.165) is 28.7 Å². The summed E-state index contributed by atoms with van der Waals surface area (Å²) in [5.41, 5.74) is 13.7. The number of nitrogens with zero attached hydrogens (tertiary/aromatic N) is 5. The number of aryl methyl sites for hydroxylation is 1. The molecule has 0 atom stereocenters. The maximum absolute atomic E-state index is 15.2. The van der Waals surface area contributed by atoms with Crippen molar-refractivity contribution in [3.05, 3.63) is 53.4 Å². The highest BCUT2D eigenvalue weighted by Gasteiger charge is 2.29. The average molecular weight is 462 g/mol. The molecule has 166 valence electrons. The maximum atomic E-state index is 15.2. The second kappa shape index (κ2) is 7.38. The maximum Gasteiger partial charge on any atom is 0.275 e. The molecule has 1 saturated carbocycles. The third-order valence-corrected chi connectivity index (χ3v) is 6.80. The highest BCUT2D eigenvalue weighted by atomic mass is 32.1. The minimum Gasteiger partial charge on any atom is -0.383 e. The standard InChI is InChI=1S/C23H20FN7OS/c1-30-21-15-7-14(17(24)8-19(15)28-22(25)16(21)9-27-30)23(32)31(10-12-2-3-12)29-13-4-5-18-20(6-13)33-11-26-18/h4-9,11-12,29H,2-3,10H2,1H3,(H2,25,28). The van der Waals surface area contributed by atoms with E-state index in [1.54, 1.807) is 29.5 Å². The number of thiazole rings is 1. The van der Waals surface area contributed by atoms with Gasteiger partial charge in [-0.1, -0.05) is 0 Å². The van der Waals surface area contributed by atoms with Gasteiger partial charge in [0.25, 0.3) is 5.91 Å². The topological polar surface area (TPSA) is 102 Å². The van der Waals surface area contributed by atoms with Crippen molar-refractivity contribution in [2.45, 2.75) is 12.8 Å². The van der Waals surface area contributed by atoms with Gasteiger partial charge in [-0.2, -0.15) is 5.10 Å². The normalized spacial score (nSPS) is 13.8. The number of benzene rings is 2. The molecule has 0 unspecified atom stereocenters. The Kier molecular flexibility index (Phi) is 4.44. The molecule has 0 bridgehead atoms. The molecule has 0 spiro atoms. The molecular weight excluding hydrogens is 441 g/mol. The zero-order valence-electron chi connectivity index (χ0n) is 17.7. The summed E-state index contributed by atoms with van der Waals surface area (Å²) in [5.74, 6) is -0.388. The Balaban J connectivity index is 1.42. The van der Waals surface area contributed by atoms with Crippen LogP contribution in [0.3, 0.4) is 0 Å². The molecule has 33 heavy (non-hydrogen) atoms. The van der Waals surface area contributed by atoms with Crippen LogP contribution in [0.2, 0.25) is 0 Å². The van der Waals surface area contributed by atoms with Crippen LogP contribution in [-0.2, 0) is 7.05 Å². The molecule has 3 heterocycles. The molecule has 2 aromatic carbocycles. The van der Waals surface area contributed by atoms with Gasteiger partial charge in [0.05, 0.1) is 49.6 Å². The van der Waals surface area contributed by atoms with Gasteiger partial charge < -0.3 is 5.73 Å². The number of nitrogens with two attached hydrogens (primary N) is 1. The molecule has 0 aliphatic heterocycles. The third kappa shape index (κ3) is 3.43. The third-order valence-electron chi connectivity index (χ3n) is 6.00. The van der Waals surface area contributed by atoms with Crippen molar-refractivity contribution in [1.29, 1.82) is 0 Å². The first-order valence-electron chi connectivity index (χ1n) is 10.6. The second-order valence-electron chi connectivity index (χ2n) is 8.38. The minimum atomic E-state index is -0.638. The van der Waals surface area contributed by atoms with Crippen LogP contribution < -0.4 is 11.2 Å². The zero-order valence-corrected chi connectivity index (χ0v) is 18.6. The molecule has 8 nitrogen and oxygen atoms in total. The lowest BCUT2D eigenvalue weighted by atomic mass is 10.1. The Labute approximate surface area is 191 Å². The Hall–Kier alpha value is -3.79. The monoisotopic (exact) mass is 461 g/mol. The molecular formula is C23H20FN7OS. The summed E-state index contributed by atoms with van der Waals surface area (Å²) in [5, 5.41) is 7.06. The lowest BCUT2D eigenvalue weighted by Crippen LogP contribution is -2.38. The molecule has 3 N–H and O–H groups in total. The summed E-state index contributed by atoms with van der Waals surface area (Å²) in [6, 6.07) is 8.54. The van der Waals surface area contributed by atoms with E-state index < -0.39 is 11.7 Å². The number of hydrazine groups is 1. The van der Waals surface area contributed by atoms with Crippen LogP contribution in [0.5, 0.6) is 0 Å². The van der Waals surface area contributed by atoms with Crippen molar-refractivity contribution < 1.29 is 9.18 Å². The Morgan fingerprint density at radius 2 is 2.12 bits per heavy atom. The van der Waals surface area contributed by atoms with Crippen LogP contribution in [-0.4, -0.2) is 37.2 Å². The molecule has 1 amide bonds. The summed E-state index contributed by atoms with van der Waals surface area (Å²) in [6.07, 6.45) is 3.73. The number of halogens is 1. The number of hydrogen-bond acceptors (Lipinski definition) is 7. The van der Waals surface area contributed by atoms with Crippen molar-refractivity contribution in [1.82, 2.24) is 24.8 Å². The lowest BCUT2D eigenvalue weighted by Gasteiger charge is -2.25. The number of nitrogens with one attached hydrogen (secondary N) is 1. The summed E-state index contributed by atoms with van der Waals surface area (Å²) in [6.45, 7) is 0.498. The number of rotatable bonds is 5. The molecule has 6 rings (SSSR count). The van der Waals surface area contributed by atoms with Crippen molar-refractivity contribution in [3.8, 4) is 0 Å². The van der Waals surface area contributed by atoms with E-state index >= 15 is 4.39 Å². The Bertz CT molecular complexity index is 1560. The van der Waals surface area contributed by atoms with E-state index in [0.29, 0.717) is 34.3 Å². The van der Waals surface area contributed by atoms with E-state index in [9.17, 15) is 4.79 Å². The first kappa shape index (κ1) is 19.9. The molecule has 5 aromatic rings. The molecule has 1 aliphatic carbocycles. The fraction of sp³-hybridized carbons (Fsp3) is 0.217. The van der Waals surface area contributed by atoms with E-state index in [-0.39, 0.29) is 11.4 Å².